The highest BCUT2D eigenvalue weighted by Crippen LogP contribution is 1.95. The Labute approximate surface area is 123 Å². The van der Waals surface area contributed by atoms with Crippen LogP contribution in [-0.2, 0) is 4.79 Å². The fourth-order valence-corrected chi connectivity index (χ4v) is 1.73. The fraction of sp³-hybridized carbons (Fsp3) is 0.857. The zero-order chi connectivity index (χ0) is 15.5. The Kier molecular flexibility index (Phi) is 9.80. The standard InChI is InChI=1S/C14H31N5O/c1-7-15-14(17-11-13(20)18(5)6)16-9-10-19(8-2)12(3)4/h12H,7-11H2,1-6H3,(H2,15,16,17). The van der Waals surface area contributed by atoms with Crippen LogP contribution in [0.1, 0.15) is 27.7 Å². The van der Waals surface area contributed by atoms with E-state index in [9.17, 15) is 4.79 Å². The molecule has 0 aromatic carbocycles. The third kappa shape index (κ3) is 7.99. The van der Waals surface area contributed by atoms with Gasteiger partial charge in [0.25, 0.3) is 0 Å². The number of rotatable bonds is 8. The lowest BCUT2D eigenvalue weighted by Gasteiger charge is -2.25. The second kappa shape index (κ2) is 10.5. The SMILES string of the molecule is CCNC(=NCC(=O)N(C)C)NCCN(CC)C(C)C. The Hall–Kier alpha value is -1.30. The van der Waals surface area contributed by atoms with Gasteiger partial charge in [0.15, 0.2) is 5.96 Å². The number of amides is 1. The fourth-order valence-electron chi connectivity index (χ4n) is 1.73. The lowest BCUT2D eigenvalue weighted by Crippen LogP contribution is -2.43. The van der Waals surface area contributed by atoms with Gasteiger partial charge in [-0.2, -0.15) is 0 Å². The first-order valence-electron chi connectivity index (χ1n) is 7.38. The molecule has 0 aromatic heterocycles. The van der Waals surface area contributed by atoms with Crippen molar-refractivity contribution in [3.63, 3.8) is 0 Å². The molecule has 2 N–H and O–H groups in total. The van der Waals surface area contributed by atoms with Gasteiger partial charge in [-0.15, -0.1) is 0 Å². The van der Waals surface area contributed by atoms with E-state index in [0.29, 0.717) is 12.0 Å². The molecule has 0 atom stereocenters. The summed E-state index contributed by atoms with van der Waals surface area (Å²) in [5, 5.41) is 6.41. The number of aliphatic imine (C=N–C) groups is 1. The van der Waals surface area contributed by atoms with Crippen molar-refractivity contribution in [2.45, 2.75) is 33.7 Å². The Morgan fingerprint density at radius 3 is 2.30 bits per heavy atom. The number of hydrogen-bond acceptors (Lipinski definition) is 3. The molecule has 0 spiro atoms. The normalized spacial score (nSPS) is 11.9. The minimum absolute atomic E-state index is 0.000400. The Morgan fingerprint density at radius 1 is 1.20 bits per heavy atom. The molecule has 0 aromatic rings. The van der Waals surface area contributed by atoms with Crippen molar-refractivity contribution in [3.8, 4) is 0 Å². The lowest BCUT2D eigenvalue weighted by atomic mass is 10.3. The molecule has 1 amide bonds. The van der Waals surface area contributed by atoms with Crippen molar-refractivity contribution in [1.82, 2.24) is 20.4 Å². The number of carbonyl (C=O) groups excluding carboxylic acids is 1. The van der Waals surface area contributed by atoms with Gasteiger partial charge in [-0.25, -0.2) is 4.99 Å². The van der Waals surface area contributed by atoms with E-state index in [-0.39, 0.29) is 12.5 Å². The first kappa shape index (κ1) is 18.7. The summed E-state index contributed by atoms with van der Waals surface area (Å²) in [5.74, 6) is 0.696. The molecule has 0 saturated carbocycles. The van der Waals surface area contributed by atoms with E-state index in [1.54, 1.807) is 19.0 Å². The molecular weight excluding hydrogens is 254 g/mol. The Bertz CT molecular complexity index is 302. The zero-order valence-corrected chi connectivity index (χ0v) is 13.9. The van der Waals surface area contributed by atoms with Gasteiger partial charge in [-0.3, -0.25) is 9.69 Å². The maximum Gasteiger partial charge on any atom is 0.243 e. The summed E-state index contributed by atoms with van der Waals surface area (Å²) in [6, 6.07) is 0.539. The molecule has 0 radical (unpaired) electrons. The maximum atomic E-state index is 11.5. The number of nitrogens with zero attached hydrogens (tertiary/aromatic N) is 3. The summed E-state index contributed by atoms with van der Waals surface area (Å²) >= 11 is 0. The third-order valence-electron chi connectivity index (χ3n) is 3.04. The number of likely N-dealkylation sites (N-methyl/N-ethyl adjacent to an activating group) is 2. The first-order valence-corrected chi connectivity index (χ1v) is 7.38. The van der Waals surface area contributed by atoms with Gasteiger partial charge in [0, 0.05) is 39.8 Å². The summed E-state index contributed by atoms with van der Waals surface area (Å²) in [5.41, 5.74) is 0. The van der Waals surface area contributed by atoms with E-state index < -0.39 is 0 Å². The van der Waals surface area contributed by atoms with Crippen LogP contribution in [-0.4, -0.2) is 74.5 Å². The van der Waals surface area contributed by atoms with E-state index in [1.165, 1.54) is 0 Å². The summed E-state index contributed by atoms with van der Waals surface area (Å²) in [6.07, 6.45) is 0. The van der Waals surface area contributed by atoms with Crippen LogP contribution in [0.5, 0.6) is 0 Å². The Morgan fingerprint density at radius 2 is 1.85 bits per heavy atom. The molecule has 0 aliphatic rings. The van der Waals surface area contributed by atoms with Crippen LogP contribution in [0, 0.1) is 0 Å². The third-order valence-corrected chi connectivity index (χ3v) is 3.04. The summed E-state index contributed by atoms with van der Waals surface area (Å²) in [7, 11) is 3.47. The molecule has 0 unspecified atom stereocenters. The summed E-state index contributed by atoms with van der Waals surface area (Å²) in [4.78, 5) is 19.7. The molecule has 6 nitrogen and oxygen atoms in total. The molecule has 20 heavy (non-hydrogen) atoms. The van der Waals surface area contributed by atoms with Crippen LogP contribution in [0.4, 0.5) is 0 Å². The van der Waals surface area contributed by atoms with Crippen LogP contribution in [0.2, 0.25) is 0 Å². The van der Waals surface area contributed by atoms with E-state index in [1.807, 2.05) is 6.92 Å². The van der Waals surface area contributed by atoms with Crippen LogP contribution in [0.25, 0.3) is 0 Å². The highest BCUT2D eigenvalue weighted by Gasteiger charge is 2.07. The minimum Gasteiger partial charge on any atom is -0.357 e. The monoisotopic (exact) mass is 285 g/mol. The maximum absolute atomic E-state index is 11.5. The summed E-state index contributed by atoms with van der Waals surface area (Å²) < 4.78 is 0. The highest BCUT2D eigenvalue weighted by atomic mass is 16.2. The number of carbonyl (C=O) groups is 1. The molecule has 0 saturated heterocycles. The molecule has 6 heteroatoms. The van der Waals surface area contributed by atoms with E-state index >= 15 is 0 Å². The van der Waals surface area contributed by atoms with Gasteiger partial charge in [-0.05, 0) is 27.3 Å². The number of guanidine groups is 1. The van der Waals surface area contributed by atoms with Crippen molar-refractivity contribution in [3.05, 3.63) is 0 Å². The van der Waals surface area contributed by atoms with Gasteiger partial charge >= 0.3 is 0 Å². The second-order valence-corrected chi connectivity index (χ2v) is 5.13. The van der Waals surface area contributed by atoms with Gasteiger partial charge in [0.05, 0.1) is 0 Å². The topological polar surface area (TPSA) is 60.0 Å². The number of nitrogens with one attached hydrogen (secondary N) is 2. The second-order valence-electron chi connectivity index (χ2n) is 5.13. The molecule has 0 rings (SSSR count). The molecule has 0 aliphatic heterocycles. The molecule has 0 aliphatic carbocycles. The van der Waals surface area contributed by atoms with Gasteiger partial charge < -0.3 is 15.5 Å². The first-order chi connectivity index (χ1) is 9.42. The van der Waals surface area contributed by atoms with Gasteiger partial charge in [0.1, 0.15) is 6.54 Å². The highest BCUT2D eigenvalue weighted by molar-refractivity contribution is 5.84. The molecule has 0 fully saturated rings. The zero-order valence-electron chi connectivity index (χ0n) is 13.9. The van der Waals surface area contributed by atoms with Gasteiger partial charge in [-0.1, -0.05) is 6.92 Å². The van der Waals surface area contributed by atoms with Crippen LogP contribution < -0.4 is 10.6 Å². The smallest absolute Gasteiger partial charge is 0.243 e. The van der Waals surface area contributed by atoms with Crippen LogP contribution in [0.3, 0.4) is 0 Å². The molecular formula is C14H31N5O. The molecule has 0 bridgehead atoms. The average molecular weight is 285 g/mol. The lowest BCUT2D eigenvalue weighted by molar-refractivity contribution is -0.127. The molecule has 118 valence electrons. The van der Waals surface area contributed by atoms with E-state index in [4.69, 9.17) is 0 Å². The largest absolute Gasteiger partial charge is 0.357 e. The van der Waals surface area contributed by atoms with E-state index in [2.05, 4.69) is 41.3 Å². The van der Waals surface area contributed by atoms with Crippen LogP contribution in [0.15, 0.2) is 4.99 Å². The van der Waals surface area contributed by atoms with Crippen molar-refractivity contribution >= 4 is 11.9 Å². The predicted octanol–water partition coefficient (Wildman–Crippen LogP) is 0.360. The van der Waals surface area contributed by atoms with E-state index in [0.717, 1.165) is 26.2 Å². The van der Waals surface area contributed by atoms with Crippen molar-refractivity contribution < 1.29 is 4.79 Å². The van der Waals surface area contributed by atoms with Crippen molar-refractivity contribution in [2.75, 3.05) is 46.8 Å². The quantitative estimate of drug-likeness (QED) is 0.499. The number of hydrogen-bond donors (Lipinski definition) is 2. The molecule has 0 heterocycles. The van der Waals surface area contributed by atoms with Gasteiger partial charge in [0.2, 0.25) is 5.91 Å². The van der Waals surface area contributed by atoms with Crippen molar-refractivity contribution in [2.24, 2.45) is 4.99 Å². The Balaban J connectivity index is 4.26. The minimum atomic E-state index is -0.000400. The summed E-state index contributed by atoms with van der Waals surface area (Å²) in [6.45, 7) is 12.3. The predicted molar refractivity (Wildman–Crippen MR) is 85.1 cm³/mol. The average Bonchev–Trinajstić information content (AvgIpc) is 2.39. The van der Waals surface area contributed by atoms with Crippen molar-refractivity contribution in [1.29, 1.82) is 0 Å². The van der Waals surface area contributed by atoms with Crippen LogP contribution >= 0.6 is 0 Å².